The van der Waals surface area contributed by atoms with Crippen molar-refractivity contribution in [2.75, 3.05) is 45.9 Å². The van der Waals surface area contributed by atoms with E-state index in [9.17, 15) is 18.0 Å². The minimum atomic E-state index is -3.95. The molecule has 0 aromatic carbocycles. The topological polar surface area (TPSA) is 126 Å². The Bertz CT molecular complexity index is 950. The van der Waals surface area contributed by atoms with Crippen molar-refractivity contribution in [1.29, 1.82) is 0 Å². The Morgan fingerprint density at radius 3 is 2.69 bits per heavy atom. The zero-order chi connectivity index (χ0) is 22.7. The molecule has 0 radical (unpaired) electrons. The largest absolute Gasteiger partial charge is 0.378 e. The van der Waals surface area contributed by atoms with E-state index < -0.39 is 15.9 Å². The van der Waals surface area contributed by atoms with Crippen molar-refractivity contribution in [3.63, 3.8) is 0 Å². The maximum Gasteiger partial charge on any atom is 0.260 e. The van der Waals surface area contributed by atoms with Crippen LogP contribution < -0.4 is 5.73 Å². The zero-order valence-electron chi connectivity index (χ0n) is 18.2. The fraction of sp³-hybridized carbons (Fsp3) is 0.667. The molecule has 0 spiro atoms. The molecular formula is C21H31N5O5S. The lowest BCUT2D eigenvalue weighted by Crippen LogP contribution is -2.58. The first-order chi connectivity index (χ1) is 15.4. The van der Waals surface area contributed by atoms with Crippen molar-refractivity contribution in [2.45, 2.75) is 43.3 Å². The summed E-state index contributed by atoms with van der Waals surface area (Å²) in [6.07, 6.45) is 4.09. The Kier molecular flexibility index (Phi) is 7.08. The van der Waals surface area contributed by atoms with Crippen molar-refractivity contribution in [2.24, 2.45) is 11.7 Å². The van der Waals surface area contributed by atoms with Gasteiger partial charge < -0.3 is 20.3 Å². The summed E-state index contributed by atoms with van der Waals surface area (Å²) in [6, 6.07) is 2.82. The number of morpholine rings is 1. The number of pyridine rings is 1. The fourth-order valence-electron chi connectivity index (χ4n) is 4.74. The second-order valence-corrected chi connectivity index (χ2v) is 10.5. The third kappa shape index (κ3) is 4.80. The van der Waals surface area contributed by atoms with Crippen molar-refractivity contribution in [3.8, 4) is 0 Å². The van der Waals surface area contributed by atoms with Crippen LogP contribution >= 0.6 is 0 Å². The minimum absolute atomic E-state index is 0.0290. The SMILES string of the molecule is NCc1ccnc(S(=O)(=O)N2C[C@@H](C(=O)N3CCOCC3)C[C@@H](N3CCCCC3=O)C2)c1. The van der Waals surface area contributed by atoms with Gasteiger partial charge in [-0.25, -0.2) is 13.4 Å². The quantitative estimate of drug-likeness (QED) is 0.638. The number of nitrogens with zero attached hydrogens (tertiary/aromatic N) is 4. The number of nitrogens with two attached hydrogens (primary N) is 1. The second-order valence-electron chi connectivity index (χ2n) is 8.60. The molecule has 11 heteroatoms. The summed E-state index contributed by atoms with van der Waals surface area (Å²) in [6.45, 7) is 2.98. The van der Waals surface area contributed by atoms with Gasteiger partial charge in [0.15, 0.2) is 5.03 Å². The van der Waals surface area contributed by atoms with E-state index in [0.717, 1.165) is 12.8 Å². The molecule has 10 nitrogen and oxygen atoms in total. The number of likely N-dealkylation sites (tertiary alicyclic amines) is 1. The van der Waals surface area contributed by atoms with Gasteiger partial charge in [0.2, 0.25) is 11.8 Å². The summed E-state index contributed by atoms with van der Waals surface area (Å²) >= 11 is 0. The molecule has 2 atom stereocenters. The molecular weight excluding hydrogens is 434 g/mol. The number of ether oxygens (including phenoxy) is 1. The van der Waals surface area contributed by atoms with Gasteiger partial charge in [-0.2, -0.15) is 4.31 Å². The molecule has 4 heterocycles. The molecule has 3 aliphatic rings. The lowest BCUT2D eigenvalue weighted by atomic mass is 9.92. The van der Waals surface area contributed by atoms with Crippen molar-refractivity contribution in [3.05, 3.63) is 23.9 Å². The van der Waals surface area contributed by atoms with Gasteiger partial charge >= 0.3 is 0 Å². The standard InChI is InChI=1S/C21H31N5O5S/c22-13-16-4-5-23-19(11-16)32(29,30)25-14-17(21(28)24-7-9-31-10-8-24)12-18(15-25)26-6-2-1-3-20(26)27/h4-5,11,17-18H,1-3,6-10,12-15,22H2/t17-,18+/m0/s1. The van der Waals surface area contributed by atoms with E-state index in [4.69, 9.17) is 10.5 Å². The molecule has 3 saturated heterocycles. The molecule has 176 valence electrons. The predicted molar refractivity (Wildman–Crippen MR) is 116 cm³/mol. The summed E-state index contributed by atoms with van der Waals surface area (Å²) < 4.78 is 33.6. The van der Waals surface area contributed by atoms with Crippen LogP contribution in [0.4, 0.5) is 0 Å². The average Bonchev–Trinajstić information content (AvgIpc) is 2.84. The molecule has 2 amide bonds. The highest BCUT2D eigenvalue weighted by Crippen LogP contribution is 2.29. The van der Waals surface area contributed by atoms with Gasteiger partial charge in [-0.3, -0.25) is 9.59 Å². The van der Waals surface area contributed by atoms with Crippen LogP contribution in [0.3, 0.4) is 0 Å². The molecule has 2 N–H and O–H groups in total. The Balaban J connectivity index is 1.62. The molecule has 4 rings (SSSR count). The summed E-state index contributed by atoms with van der Waals surface area (Å²) in [5, 5.41) is -0.0800. The third-order valence-corrected chi connectivity index (χ3v) is 8.24. The monoisotopic (exact) mass is 465 g/mol. The number of piperidine rings is 2. The van der Waals surface area contributed by atoms with Crippen LogP contribution in [0.2, 0.25) is 0 Å². The van der Waals surface area contributed by atoms with Crippen LogP contribution in [0.25, 0.3) is 0 Å². The van der Waals surface area contributed by atoms with Crippen LogP contribution in [0.1, 0.15) is 31.2 Å². The number of amides is 2. The van der Waals surface area contributed by atoms with Gasteiger partial charge in [0.1, 0.15) is 0 Å². The molecule has 0 unspecified atom stereocenters. The maximum absolute atomic E-state index is 13.5. The van der Waals surface area contributed by atoms with Crippen LogP contribution in [0, 0.1) is 5.92 Å². The van der Waals surface area contributed by atoms with Crippen molar-refractivity contribution >= 4 is 21.8 Å². The fourth-order valence-corrected chi connectivity index (χ4v) is 6.24. The van der Waals surface area contributed by atoms with Gasteiger partial charge in [0.05, 0.1) is 19.1 Å². The van der Waals surface area contributed by atoms with Gasteiger partial charge in [-0.05, 0) is 37.0 Å². The molecule has 1 aromatic heterocycles. The number of sulfonamides is 1. The number of carbonyl (C=O) groups is 2. The third-order valence-electron chi connectivity index (χ3n) is 6.51. The summed E-state index contributed by atoms with van der Waals surface area (Å²) in [7, 11) is -3.95. The van der Waals surface area contributed by atoms with Gasteiger partial charge in [-0.15, -0.1) is 0 Å². The summed E-state index contributed by atoms with van der Waals surface area (Å²) in [5.41, 5.74) is 6.34. The van der Waals surface area contributed by atoms with Crippen LogP contribution in [0.5, 0.6) is 0 Å². The van der Waals surface area contributed by atoms with Crippen molar-refractivity contribution < 1.29 is 22.7 Å². The predicted octanol–water partition coefficient (Wildman–Crippen LogP) is -0.209. The highest BCUT2D eigenvalue weighted by atomic mass is 32.2. The zero-order valence-corrected chi connectivity index (χ0v) is 19.0. The van der Waals surface area contributed by atoms with Crippen LogP contribution in [-0.2, 0) is 30.9 Å². The van der Waals surface area contributed by atoms with Gasteiger partial charge in [-0.1, -0.05) is 0 Å². The van der Waals surface area contributed by atoms with E-state index in [-0.39, 0.29) is 42.5 Å². The number of hydrogen-bond donors (Lipinski definition) is 1. The average molecular weight is 466 g/mol. The molecule has 32 heavy (non-hydrogen) atoms. The summed E-state index contributed by atoms with van der Waals surface area (Å²) in [4.78, 5) is 33.5. The molecule has 1 aromatic rings. The van der Waals surface area contributed by atoms with Gasteiger partial charge in [0.25, 0.3) is 10.0 Å². The Labute approximate surface area is 188 Å². The highest BCUT2D eigenvalue weighted by molar-refractivity contribution is 7.89. The number of hydrogen-bond acceptors (Lipinski definition) is 7. The van der Waals surface area contributed by atoms with E-state index in [1.54, 1.807) is 15.9 Å². The van der Waals surface area contributed by atoms with E-state index in [0.29, 0.717) is 51.3 Å². The van der Waals surface area contributed by atoms with Gasteiger partial charge in [0, 0.05) is 57.9 Å². The molecule has 0 aliphatic carbocycles. The van der Waals surface area contributed by atoms with Crippen LogP contribution in [0.15, 0.2) is 23.4 Å². The van der Waals surface area contributed by atoms with E-state index in [1.165, 1.54) is 16.6 Å². The van der Waals surface area contributed by atoms with E-state index in [1.807, 2.05) is 0 Å². The Morgan fingerprint density at radius 2 is 1.97 bits per heavy atom. The number of aromatic nitrogens is 1. The molecule has 0 saturated carbocycles. The first kappa shape index (κ1) is 23.1. The highest BCUT2D eigenvalue weighted by Gasteiger charge is 2.42. The van der Waals surface area contributed by atoms with E-state index >= 15 is 0 Å². The maximum atomic E-state index is 13.5. The number of rotatable bonds is 5. The Hall–Kier alpha value is -2.08. The first-order valence-corrected chi connectivity index (χ1v) is 12.7. The number of carbonyl (C=O) groups excluding carboxylic acids is 2. The lowest BCUT2D eigenvalue weighted by Gasteiger charge is -2.44. The lowest BCUT2D eigenvalue weighted by molar-refractivity contribution is -0.145. The second kappa shape index (κ2) is 9.82. The first-order valence-electron chi connectivity index (χ1n) is 11.2. The summed E-state index contributed by atoms with van der Waals surface area (Å²) in [5.74, 6) is -0.568. The van der Waals surface area contributed by atoms with Crippen LogP contribution in [-0.4, -0.2) is 91.3 Å². The van der Waals surface area contributed by atoms with Crippen molar-refractivity contribution in [1.82, 2.24) is 19.1 Å². The smallest absolute Gasteiger partial charge is 0.260 e. The minimum Gasteiger partial charge on any atom is -0.378 e. The Morgan fingerprint density at radius 1 is 1.19 bits per heavy atom. The van der Waals surface area contributed by atoms with E-state index in [2.05, 4.69) is 4.98 Å². The normalized spacial score (nSPS) is 25.7. The molecule has 0 bridgehead atoms. The molecule has 3 fully saturated rings. The molecule has 3 aliphatic heterocycles.